The summed E-state index contributed by atoms with van der Waals surface area (Å²) in [5.41, 5.74) is 1.24. The molecular formula is C21H21ClN2O3. The molecule has 0 spiro atoms. The van der Waals surface area contributed by atoms with Crippen molar-refractivity contribution in [2.75, 3.05) is 11.4 Å². The molecule has 5 nitrogen and oxygen atoms in total. The third-order valence-corrected chi connectivity index (χ3v) is 4.69. The minimum absolute atomic E-state index is 0.0435. The summed E-state index contributed by atoms with van der Waals surface area (Å²) < 4.78 is 5.80. The van der Waals surface area contributed by atoms with Crippen LogP contribution in [0.25, 0.3) is 6.08 Å². The molecule has 3 rings (SSSR count). The van der Waals surface area contributed by atoms with E-state index < -0.39 is 0 Å². The van der Waals surface area contributed by atoms with Crippen LogP contribution in [0.1, 0.15) is 25.8 Å². The average Bonchev–Trinajstić information content (AvgIpc) is 2.66. The Hall–Kier alpha value is -2.79. The zero-order chi connectivity index (χ0) is 19.4. The average molecular weight is 385 g/mol. The van der Waals surface area contributed by atoms with E-state index in [0.717, 1.165) is 6.42 Å². The molecule has 0 aromatic heterocycles. The van der Waals surface area contributed by atoms with Crippen molar-refractivity contribution in [1.82, 2.24) is 5.32 Å². The zero-order valence-corrected chi connectivity index (χ0v) is 16.0. The SMILES string of the molecule is CCC(C)NC(=O)CN1C(=O)C(=Cc2ccccc2Cl)Oc2ccccc21. The lowest BCUT2D eigenvalue weighted by molar-refractivity contribution is -0.123. The number of halogens is 1. The predicted molar refractivity (Wildman–Crippen MR) is 107 cm³/mol. The van der Waals surface area contributed by atoms with E-state index in [2.05, 4.69) is 5.32 Å². The topological polar surface area (TPSA) is 58.6 Å². The molecule has 1 N–H and O–H groups in total. The van der Waals surface area contributed by atoms with Gasteiger partial charge in [0.25, 0.3) is 5.91 Å². The van der Waals surface area contributed by atoms with E-state index in [1.54, 1.807) is 36.4 Å². The molecule has 1 aliphatic rings. The molecule has 1 aliphatic heterocycles. The second-order valence-electron chi connectivity index (χ2n) is 6.37. The normalized spacial score (nSPS) is 15.9. The highest BCUT2D eigenvalue weighted by molar-refractivity contribution is 6.32. The number of carbonyl (C=O) groups excluding carboxylic acids is 2. The number of benzene rings is 2. The van der Waals surface area contributed by atoms with Crippen LogP contribution in [0.15, 0.2) is 54.3 Å². The van der Waals surface area contributed by atoms with Gasteiger partial charge in [0, 0.05) is 11.1 Å². The smallest absolute Gasteiger partial charge is 0.294 e. The van der Waals surface area contributed by atoms with Gasteiger partial charge in [-0.25, -0.2) is 0 Å². The van der Waals surface area contributed by atoms with Gasteiger partial charge in [-0.1, -0.05) is 48.9 Å². The van der Waals surface area contributed by atoms with Crippen molar-refractivity contribution >= 4 is 35.2 Å². The van der Waals surface area contributed by atoms with Crippen molar-refractivity contribution in [3.05, 3.63) is 64.9 Å². The number of fused-ring (bicyclic) bond motifs is 1. The lowest BCUT2D eigenvalue weighted by Gasteiger charge is -2.30. The Bertz CT molecular complexity index is 895. The van der Waals surface area contributed by atoms with Gasteiger partial charge in [0.2, 0.25) is 5.91 Å². The summed E-state index contributed by atoms with van der Waals surface area (Å²) in [6, 6.07) is 14.4. The zero-order valence-electron chi connectivity index (χ0n) is 15.2. The molecule has 2 aromatic carbocycles. The molecule has 27 heavy (non-hydrogen) atoms. The number of anilines is 1. The molecule has 1 unspecified atom stereocenters. The Morgan fingerprint density at radius 2 is 1.93 bits per heavy atom. The molecular weight excluding hydrogens is 364 g/mol. The minimum Gasteiger partial charge on any atom is -0.449 e. The fourth-order valence-electron chi connectivity index (χ4n) is 2.72. The number of nitrogens with zero attached hydrogens (tertiary/aromatic N) is 1. The minimum atomic E-state index is -0.382. The molecule has 0 saturated heterocycles. The van der Waals surface area contributed by atoms with Gasteiger partial charge in [-0.3, -0.25) is 14.5 Å². The molecule has 0 saturated carbocycles. The first-order valence-corrected chi connectivity index (χ1v) is 9.21. The quantitative estimate of drug-likeness (QED) is 0.792. The molecule has 1 heterocycles. The number of hydrogen-bond donors (Lipinski definition) is 1. The van der Waals surface area contributed by atoms with E-state index in [4.69, 9.17) is 16.3 Å². The van der Waals surface area contributed by atoms with Gasteiger partial charge in [-0.05, 0) is 43.2 Å². The van der Waals surface area contributed by atoms with E-state index in [0.29, 0.717) is 22.0 Å². The van der Waals surface area contributed by atoms with Gasteiger partial charge in [0.05, 0.1) is 5.69 Å². The van der Waals surface area contributed by atoms with Crippen LogP contribution in [0.5, 0.6) is 5.75 Å². The molecule has 2 aromatic rings. The van der Waals surface area contributed by atoms with Crippen LogP contribution in [0.4, 0.5) is 5.69 Å². The van der Waals surface area contributed by atoms with Crippen molar-refractivity contribution < 1.29 is 14.3 Å². The summed E-state index contributed by atoms with van der Waals surface area (Å²) in [5.74, 6) is 0.0456. The molecule has 140 valence electrons. The van der Waals surface area contributed by atoms with Crippen LogP contribution in [0.2, 0.25) is 5.02 Å². The lowest BCUT2D eigenvalue weighted by atomic mass is 10.1. The fraction of sp³-hybridized carbons (Fsp3) is 0.238. The molecule has 0 fully saturated rings. The van der Waals surface area contributed by atoms with E-state index in [9.17, 15) is 9.59 Å². The summed E-state index contributed by atoms with van der Waals surface area (Å²) in [4.78, 5) is 26.8. The van der Waals surface area contributed by atoms with Gasteiger partial charge in [0.1, 0.15) is 6.54 Å². The van der Waals surface area contributed by atoms with Crippen LogP contribution in [0.3, 0.4) is 0 Å². The number of hydrogen-bond acceptors (Lipinski definition) is 3. The molecule has 0 aliphatic carbocycles. The van der Waals surface area contributed by atoms with Crippen LogP contribution in [-0.4, -0.2) is 24.4 Å². The van der Waals surface area contributed by atoms with Crippen molar-refractivity contribution in [1.29, 1.82) is 0 Å². The monoisotopic (exact) mass is 384 g/mol. The Labute approximate surface area is 163 Å². The Morgan fingerprint density at radius 1 is 1.22 bits per heavy atom. The van der Waals surface area contributed by atoms with Crippen molar-refractivity contribution in [2.24, 2.45) is 0 Å². The van der Waals surface area contributed by atoms with Crippen LogP contribution >= 0.6 is 11.6 Å². The second-order valence-corrected chi connectivity index (χ2v) is 6.78. The molecule has 6 heteroatoms. The number of ether oxygens (including phenoxy) is 1. The molecule has 1 atom stereocenters. The molecule has 0 radical (unpaired) electrons. The second kappa shape index (κ2) is 8.27. The molecule has 2 amide bonds. The molecule has 0 bridgehead atoms. The van der Waals surface area contributed by atoms with Gasteiger partial charge in [-0.2, -0.15) is 0 Å². The Balaban J connectivity index is 1.93. The standard InChI is InChI=1S/C21H21ClN2O3/c1-3-14(2)23-20(25)13-24-17-10-6-7-11-18(17)27-19(21(24)26)12-15-8-4-5-9-16(15)22/h4-12,14H,3,13H2,1-2H3,(H,23,25). The highest BCUT2D eigenvalue weighted by atomic mass is 35.5. The first-order chi connectivity index (χ1) is 13.0. The first-order valence-electron chi connectivity index (χ1n) is 8.84. The summed E-state index contributed by atoms with van der Waals surface area (Å²) >= 11 is 6.20. The van der Waals surface area contributed by atoms with E-state index >= 15 is 0 Å². The van der Waals surface area contributed by atoms with Gasteiger partial charge < -0.3 is 10.1 Å². The van der Waals surface area contributed by atoms with Crippen molar-refractivity contribution in [2.45, 2.75) is 26.3 Å². The lowest BCUT2D eigenvalue weighted by Crippen LogP contribution is -2.46. The summed E-state index contributed by atoms with van der Waals surface area (Å²) in [6.45, 7) is 3.84. The number of amides is 2. The van der Waals surface area contributed by atoms with Crippen LogP contribution in [-0.2, 0) is 9.59 Å². The Morgan fingerprint density at radius 3 is 2.67 bits per heavy atom. The highest BCUT2D eigenvalue weighted by Gasteiger charge is 2.31. The van der Waals surface area contributed by atoms with Gasteiger partial charge in [-0.15, -0.1) is 0 Å². The Kier molecular flexibility index (Phi) is 5.81. The number of carbonyl (C=O) groups is 2. The summed E-state index contributed by atoms with van der Waals surface area (Å²) in [5, 5.41) is 3.40. The van der Waals surface area contributed by atoms with Crippen LogP contribution < -0.4 is 15.0 Å². The number of nitrogens with one attached hydrogen (secondary N) is 1. The maximum atomic E-state index is 13.0. The van der Waals surface area contributed by atoms with Gasteiger partial charge in [0.15, 0.2) is 11.5 Å². The number of para-hydroxylation sites is 2. The van der Waals surface area contributed by atoms with Crippen molar-refractivity contribution in [3.8, 4) is 5.75 Å². The van der Waals surface area contributed by atoms with Crippen molar-refractivity contribution in [3.63, 3.8) is 0 Å². The first kappa shape index (κ1) is 19.0. The van der Waals surface area contributed by atoms with Crippen LogP contribution in [0, 0.1) is 0 Å². The van der Waals surface area contributed by atoms with E-state index in [-0.39, 0.29) is 30.2 Å². The highest BCUT2D eigenvalue weighted by Crippen LogP contribution is 2.35. The van der Waals surface area contributed by atoms with E-state index in [1.807, 2.05) is 32.0 Å². The predicted octanol–water partition coefficient (Wildman–Crippen LogP) is 4.02. The largest absolute Gasteiger partial charge is 0.449 e. The van der Waals surface area contributed by atoms with E-state index in [1.165, 1.54) is 4.90 Å². The fourth-order valence-corrected chi connectivity index (χ4v) is 2.91. The summed E-state index contributed by atoms with van der Waals surface area (Å²) in [6.07, 6.45) is 2.41. The third-order valence-electron chi connectivity index (χ3n) is 4.35. The third kappa shape index (κ3) is 4.31. The van der Waals surface area contributed by atoms with Gasteiger partial charge >= 0.3 is 0 Å². The summed E-state index contributed by atoms with van der Waals surface area (Å²) in [7, 11) is 0. The maximum Gasteiger partial charge on any atom is 0.294 e. The number of rotatable bonds is 5. The maximum absolute atomic E-state index is 13.0.